The summed E-state index contributed by atoms with van der Waals surface area (Å²) in [5.41, 5.74) is 2.25. The molecule has 1 saturated carbocycles. The number of hydrogen-bond acceptors (Lipinski definition) is 5. The quantitative estimate of drug-likeness (QED) is 0.685. The van der Waals surface area contributed by atoms with Crippen LogP contribution in [0, 0.1) is 6.92 Å². The Hall–Kier alpha value is -1.86. The van der Waals surface area contributed by atoms with Crippen molar-refractivity contribution in [3.63, 3.8) is 0 Å². The van der Waals surface area contributed by atoms with Crippen molar-refractivity contribution >= 4 is 17.7 Å². The molecule has 26 heavy (non-hydrogen) atoms. The van der Waals surface area contributed by atoms with Gasteiger partial charge in [-0.3, -0.25) is 4.79 Å². The molecule has 6 nitrogen and oxygen atoms in total. The minimum absolute atomic E-state index is 0.0438. The van der Waals surface area contributed by atoms with Gasteiger partial charge in [0.05, 0.1) is 5.75 Å². The molecular formula is C19H27N5OS. The number of rotatable bonds is 9. The Kier molecular flexibility index (Phi) is 6.32. The Balaban J connectivity index is 1.54. The number of aryl methyl sites for hydroxylation is 1. The number of carbonyl (C=O) groups is 1. The van der Waals surface area contributed by atoms with Gasteiger partial charge in [-0.1, -0.05) is 36.0 Å². The summed E-state index contributed by atoms with van der Waals surface area (Å²) in [7, 11) is 2.12. The van der Waals surface area contributed by atoms with Crippen LogP contribution in [0.3, 0.4) is 0 Å². The van der Waals surface area contributed by atoms with Crippen molar-refractivity contribution in [1.82, 2.24) is 25.0 Å². The summed E-state index contributed by atoms with van der Waals surface area (Å²) in [5, 5.41) is 12.4. The van der Waals surface area contributed by atoms with E-state index in [0.29, 0.717) is 12.3 Å². The van der Waals surface area contributed by atoms with E-state index in [4.69, 9.17) is 0 Å². The van der Waals surface area contributed by atoms with Crippen LogP contribution in [0.25, 0.3) is 11.4 Å². The van der Waals surface area contributed by atoms with Gasteiger partial charge in [-0.15, -0.1) is 10.2 Å². The summed E-state index contributed by atoms with van der Waals surface area (Å²) in [6.07, 6.45) is 2.58. The molecule has 1 aliphatic rings. The summed E-state index contributed by atoms with van der Waals surface area (Å²) >= 11 is 1.44. The summed E-state index contributed by atoms with van der Waals surface area (Å²) in [6, 6.07) is 8.89. The second kappa shape index (κ2) is 8.68. The maximum Gasteiger partial charge on any atom is 0.230 e. The normalized spacial score (nSPS) is 14.0. The molecule has 1 N–H and O–H groups in total. The number of benzene rings is 1. The average Bonchev–Trinajstić information content (AvgIpc) is 3.41. The smallest absolute Gasteiger partial charge is 0.230 e. The molecule has 0 spiro atoms. The van der Waals surface area contributed by atoms with Gasteiger partial charge in [0.1, 0.15) is 0 Å². The van der Waals surface area contributed by atoms with Crippen LogP contribution < -0.4 is 5.32 Å². The van der Waals surface area contributed by atoms with Crippen molar-refractivity contribution in [1.29, 1.82) is 0 Å². The van der Waals surface area contributed by atoms with Crippen LogP contribution in [0.5, 0.6) is 0 Å². The van der Waals surface area contributed by atoms with E-state index >= 15 is 0 Å². The summed E-state index contributed by atoms with van der Waals surface area (Å²) < 4.78 is 2.07. The number of nitrogens with zero attached hydrogens (tertiary/aromatic N) is 4. The average molecular weight is 374 g/mol. The minimum atomic E-state index is 0.0438. The Morgan fingerprint density at radius 3 is 2.81 bits per heavy atom. The van der Waals surface area contributed by atoms with Crippen LogP contribution >= 0.6 is 11.8 Å². The van der Waals surface area contributed by atoms with Crippen LogP contribution in [-0.4, -0.2) is 57.5 Å². The van der Waals surface area contributed by atoms with Gasteiger partial charge < -0.3 is 14.8 Å². The van der Waals surface area contributed by atoms with E-state index in [2.05, 4.69) is 58.0 Å². The van der Waals surface area contributed by atoms with Gasteiger partial charge in [0.25, 0.3) is 0 Å². The molecule has 1 heterocycles. The van der Waals surface area contributed by atoms with E-state index in [9.17, 15) is 4.79 Å². The fourth-order valence-corrected chi connectivity index (χ4v) is 3.79. The fourth-order valence-electron chi connectivity index (χ4n) is 2.95. The topological polar surface area (TPSA) is 63.1 Å². The maximum atomic E-state index is 12.1. The molecule has 0 bridgehead atoms. The Morgan fingerprint density at radius 2 is 2.12 bits per heavy atom. The highest BCUT2D eigenvalue weighted by atomic mass is 32.2. The van der Waals surface area contributed by atoms with E-state index in [1.807, 2.05) is 12.1 Å². The van der Waals surface area contributed by atoms with Gasteiger partial charge in [-0.2, -0.15) is 0 Å². The molecule has 2 aromatic rings. The molecule has 1 fully saturated rings. The molecule has 1 aromatic heterocycles. The van der Waals surface area contributed by atoms with Gasteiger partial charge in [-0.05, 0) is 39.3 Å². The molecule has 0 aliphatic heterocycles. The summed E-state index contributed by atoms with van der Waals surface area (Å²) in [4.78, 5) is 14.4. The van der Waals surface area contributed by atoms with Crippen LogP contribution in [-0.2, 0) is 11.3 Å². The van der Waals surface area contributed by atoms with E-state index in [1.54, 1.807) is 0 Å². The molecule has 140 valence electrons. The molecule has 0 unspecified atom stereocenters. The Morgan fingerprint density at radius 1 is 1.35 bits per heavy atom. The van der Waals surface area contributed by atoms with Crippen molar-refractivity contribution in [2.45, 2.75) is 44.4 Å². The zero-order chi connectivity index (χ0) is 18.5. The minimum Gasteiger partial charge on any atom is -0.354 e. The van der Waals surface area contributed by atoms with Crippen LogP contribution in [0.15, 0.2) is 29.4 Å². The van der Waals surface area contributed by atoms with Crippen LogP contribution in [0.1, 0.15) is 25.3 Å². The number of amides is 1. The molecule has 3 rings (SSSR count). The standard InChI is InChI=1S/C19H27N5OS/c1-4-24-18(16-8-6-5-7-14(16)2)21-22-19(24)26-13-17(25)20-11-12-23(3)15-9-10-15/h5-8,15H,4,9-13H2,1-3H3,(H,20,25). The molecule has 1 amide bonds. The lowest BCUT2D eigenvalue weighted by Gasteiger charge is -2.15. The molecule has 0 saturated heterocycles. The number of likely N-dealkylation sites (N-methyl/N-ethyl adjacent to an activating group) is 1. The predicted octanol–water partition coefficient (Wildman–Crippen LogP) is 2.58. The third-order valence-electron chi connectivity index (χ3n) is 4.71. The van der Waals surface area contributed by atoms with Crippen LogP contribution in [0.2, 0.25) is 0 Å². The van der Waals surface area contributed by atoms with E-state index < -0.39 is 0 Å². The van der Waals surface area contributed by atoms with Gasteiger partial charge >= 0.3 is 0 Å². The van der Waals surface area contributed by atoms with Crippen molar-refractivity contribution < 1.29 is 4.79 Å². The van der Waals surface area contributed by atoms with Gasteiger partial charge in [0.15, 0.2) is 11.0 Å². The van der Waals surface area contributed by atoms with E-state index in [0.717, 1.165) is 35.7 Å². The molecule has 0 radical (unpaired) electrons. The van der Waals surface area contributed by atoms with Crippen molar-refractivity contribution in [3.05, 3.63) is 29.8 Å². The van der Waals surface area contributed by atoms with Crippen molar-refractivity contribution in [3.8, 4) is 11.4 Å². The lowest BCUT2D eigenvalue weighted by Crippen LogP contribution is -2.34. The fraction of sp³-hybridized carbons (Fsp3) is 0.526. The SMILES string of the molecule is CCn1c(SCC(=O)NCCN(C)C2CC2)nnc1-c1ccccc1C. The van der Waals surface area contributed by atoms with Gasteiger partial charge in [0, 0.05) is 31.2 Å². The molecule has 1 aliphatic carbocycles. The highest BCUT2D eigenvalue weighted by molar-refractivity contribution is 7.99. The lowest BCUT2D eigenvalue weighted by atomic mass is 10.1. The monoisotopic (exact) mass is 373 g/mol. The number of nitrogens with one attached hydrogen (secondary N) is 1. The number of carbonyl (C=O) groups excluding carboxylic acids is 1. The lowest BCUT2D eigenvalue weighted by molar-refractivity contribution is -0.118. The zero-order valence-electron chi connectivity index (χ0n) is 15.7. The second-order valence-electron chi connectivity index (χ2n) is 6.72. The first kappa shape index (κ1) is 18.9. The first-order chi connectivity index (χ1) is 12.6. The third kappa shape index (κ3) is 4.65. The Labute approximate surface area is 159 Å². The van der Waals surface area contributed by atoms with Crippen molar-refractivity contribution in [2.24, 2.45) is 0 Å². The van der Waals surface area contributed by atoms with E-state index in [1.165, 1.54) is 30.2 Å². The third-order valence-corrected chi connectivity index (χ3v) is 5.68. The molecule has 0 atom stereocenters. The first-order valence-electron chi connectivity index (χ1n) is 9.19. The highest BCUT2D eigenvalue weighted by Crippen LogP contribution is 2.26. The molecular weight excluding hydrogens is 346 g/mol. The summed E-state index contributed by atoms with van der Waals surface area (Å²) in [5.74, 6) is 1.26. The highest BCUT2D eigenvalue weighted by Gasteiger charge is 2.25. The number of thioether (sulfide) groups is 1. The summed E-state index contributed by atoms with van der Waals surface area (Å²) in [6.45, 7) is 6.52. The molecule has 1 aromatic carbocycles. The van der Waals surface area contributed by atoms with Crippen molar-refractivity contribution in [2.75, 3.05) is 25.9 Å². The van der Waals surface area contributed by atoms with E-state index in [-0.39, 0.29) is 5.91 Å². The molecule has 7 heteroatoms. The maximum absolute atomic E-state index is 12.1. The Bertz CT molecular complexity index is 756. The largest absolute Gasteiger partial charge is 0.354 e. The zero-order valence-corrected chi connectivity index (χ0v) is 16.6. The number of hydrogen-bond donors (Lipinski definition) is 1. The van der Waals surface area contributed by atoms with Gasteiger partial charge in [-0.25, -0.2) is 0 Å². The van der Waals surface area contributed by atoms with Gasteiger partial charge in [0.2, 0.25) is 5.91 Å². The number of aromatic nitrogens is 3. The first-order valence-corrected chi connectivity index (χ1v) is 10.2. The van der Waals surface area contributed by atoms with Crippen LogP contribution in [0.4, 0.5) is 0 Å². The second-order valence-corrected chi connectivity index (χ2v) is 7.66. The predicted molar refractivity (Wildman–Crippen MR) is 105 cm³/mol.